The minimum absolute atomic E-state index is 0.217. The summed E-state index contributed by atoms with van der Waals surface area (Å²) in [5.74, 6) is -0.585. The fourth-order valence-electron chi connectivity index (χ4n) is 2.28. The van der Waals surface area contributed by atoms with E-state index in [0.717, 1.165) is 18.8 Å². The van der Waals surface area contributed by atoms with E-state index in [0.29, 0.717) is 23.8 Å². The van der Waals surface area contributed by atoms with Gasteiger partial charge in [0.2, 0.25) is 0 Å². The molecule has 1 fully saturated rings. The van der Waals surface area contributed by atoms with Crippen LogP contribution in [-0.4, -0.2) is 32.2 Å². The predicted molar refractivity (Wildman–Crippen MR) is 81.7 cm³/mol. The van der Waals surface area contributed by atoms with E-state index in [-0.39, 0.29) is 11.7 Å². The van der Waals surface area contributed by atoms with E-state index in [1.807, 2.05) is 11.4 Å². The van der Waals surface area contributed by atoms with Crippen molar-refractivity contribution in [2.75, 3.05) is 36.5 Å². The zero-order chi connectivity index (χ0) is 14.7. The van der Waals surface area contributed by atoms with E-state index in [1.165, 1.54) is 23.5 Å². The molecule has 0 aliphatic carbocycles. The summed E-state index contributed by atoms with van der Waals surface area (Å²) in [4.78, 5) is 14.8. The van der Waals surface area contributed by atoms with Gasteiger partial charge in [-0.2, -0.15) is 0 Å². The average molecular weight is 306 g/mol. The van der Waals surface area contributed by atoms with Crippen LogP contribution < -0.4 is 10.2 Å². The number of ether oxygens (including phenoxy) is 1. The van der Waals surface area contributed by atoms with Crippen LogP contribution in [0, 0.1) is 5.82 Å². The number of hydrogen-bond donors (Lipinski definition) is 1. The molecule has 0 atom stereocenters. The van der Waals surface area contributed by atoms with Gasteiger partial charge in [0.1, 0.15) is 5.82 Å². The maximum Gasteiger partial charge on any atom is 0.265 e. The summed E-state index contributed by atoms with van der Waals surface area (Å²) in [7, 11) is 0. The molecule has 6 heteroatoms. The highest BCUT2D eigenvalue weighted by Gasteiger charge is 2.17. The Balaban J connectivity index is 1.85. The lowest BCUT2D eigenvalue weighted by Crippen LogP contribution is -2.36. The van der Waals surface area contributed by atoms with Crippen molar-refractivity contribution in [1.29, 1.82) is 0 Å². The maximum atomic E-state index is 13.5. The van der Waals surface area contributed by atoms with Crippen LogP contribution in [0.25, 0.3) is 0 Å². The molecule has 0 radical (unpaired) electrons. The lowest BCUT2D eigenvalue weighted by molar-refractivity contribution is 0.103. The van der Waals surface area contributed by atoms with Crippen LogP contribution in [0.1, 0.15) is 9.67 Å². The first-order valence-electron chi connectivity index (χ1n) is 6.71. The van der Waals surface area contributed by atoms with Crippen LogP contribution in [0.4, 0.5) is 15.8 Å². The maximum absolute atomic E-state index is 13.5. The summed E-state index contributed by atoms with van der Waals surface area (Å²) in [6.07, 6.45) is 0. The molecule has 0 unspecified atom stereocenters. The van der Waals surface area contributed by atoms with E-state index in [2.05, 4.69) is 10.2 Å². The van der Waals surface area contributed by atoms with Gasteiger partial charge >= 0.3 is 0 Å². The summed E-state index contributed by atoms with van der Waals surface area (Å²) < 4.78 is 18.8. The molecule has 3 rings (SSSR count). The second kappa shape index (κ2) is 6.24. The van der Waals surface area contributed by atoms with Crippen LogP contribution in [0.3, 0.4) is 0 Å². The molecule has 21 heavy (non-hydrogen) atoms. The number of anilines is 2. The van der Waals surface area contributed by atoms with Gasteiger partial charge in [-0.3, -0.25) is 4.79 Å². The van der Waals surface area contributed by atoms with Crippen molar-refractivity contribution in [2.45, 2.75) is 0 Å². The van der Waals surface area contributed by atoms with Crippen LogP contribution in [0.5, 0.6) is 0 Å². The molecule has 0 saturated carbocycles. The van der Waals surface area contributed by atoms with Gasteiger partial charge in [-0.25, -0.2) is 4.39 Å². The molecule has 1 amide bonds. The third-order valence-electron chi connectivity index (χ3n) is 3.30. The second-order valence-electron chi connectivity index (χ2n) is 4.69. The Morgan fingerprint density at radius 3 is 2.81 bits per heavy atom. The smallest absolute Gasteiger partial charge is 0.265 e. The number of halogens is 1. The number of amides is 1. The molecule has 110 valence electrons. The first-order chi connectivity index (χ1) is 10.2. The standard InChI is InChI=1S/C15H15FN2O2S/c16-11-3-4-13(18-5-7-20-8-6-18)12(10-11)17-15(19)14-2-1-9-21-14/h1-4,9-10H,5-8H2,(H,17,19). The fraction of sp³-hybridized carbons (Fsp3) is 0.267. The van der Waals surface area contributed by atoms with Crippen molar-refractivity contribution in [1.82, 2.24) is 0 Å². The van der Waals surface area contributed by atoms with E-state index < -0.39 is 0 Å². The van der Waals surface area contributed by atoms with Gasteiger partial charge in [-0.1, -0.05) is 6.07 Å². The largest absolute Gasteiger partial charge is 0.378 e. The van der Waals surface area contributed by atoms with Crippen molar-refractivity contribution in [3.05, 3.63) is 46.4 Å². The fourth-order valence-corrected chi connectivity index (χ4v) is 2.90. The molecule has 1 aliphatic rings. The van der Waals surface area contributed by atoms with Crippen LogP contribution >= 0.6 is 11.3 Å². The third kappa shape index (κ3) is 3.22. The van der Waals surface area contributed by atoms with Gasteiger partial charge in [-0.05, 0) is 29.6 Å². The lowest BCUT2D eigenvalue weighted by atomic mass is 10.2. The normalized spacial score (nSPS) is 15.0. The van der Waals surface area contributed by atoms with E-state index in [4.69, 9.17) is 4.74 Å². The highest BCUT2D eigenvalue weighted by molar-refractivity contribution is 7.12. The monoisotopic (exact) mass is 306 g/mol. The van der Waals surface area contributed by atoms with Gasteiger partial charge in [0.05, 0.1) is 29.5 Å². The number of morpholine rings is 1. The molecule has 1 aliphatic heterocycles. The Hall–Kier alpha value is -1.92. The number of carbonyl (C=O) groups excluding carboxylic acids is 1. The van der Waals surface area contributed by atoms with Crippen molar-refractivity contribution < 1.29 is 13.9 Å². The second-order valence-corrected chi connectivity index (χ2v) is 5.64. The molecule has 0 spiro atoms. The molecular weight excluding hydrogens is 291 g/mol. The first-order valence-corrected chi connectivity index (χ1v) is 7.59. The number of benzene rings is 1. The van der Waals surface area contributed by atoms with Crippen LogP contribution in [0.15, 0.2) is 35.7 Å². The molecule has 1 aromatic carbocycles. The molecule has 4 nitrogen and oxygen atoms in total. The topological polar surface area (TPSA) is 41.6 Å². The Morgan fingerprint density at radius 2 is 2.10 bits per heavy atom. The molecular formula is C15H15FN2O2S. The highest BCUT2D eigenvalue weighted by atomic mass is 32.1. The van der Waals surface area contributed by atoms with Crippen molar-refractivity contribution in [2.24, 2.45) is 0 Å². The number of rotatable bonds is 3. The Morgan fingerprint density at radius 1 is 1.29 bits per heavy atom. The summed E-state index contributed by atoms with van der Waals surface area (Å²) >= 11 is 1.36. The molecule has 2 heterocycles. The minimum atomic E-state index is -0.367. The van der Waals surface area contributed by atoms with Gasteiger partial charge < -0.3 is 15.0 Å². The first kappa shape index (κ1) is 14.0. The zero-order valence-electron chi connectivity index (χ0n) is 11.3. The van der Waals surface area contributed by atoms with Crippen LogP contribution in [-0.2, 0) is 4.74 Å². The molecule has 2 aromatic rings. The van der Waals surface area contributed by atoms with Crippen molar-refractivity contribution >= 4 is 28.6 Å². The number of hydrogen-bond acceptors (Lipinski definition) is 4. The third-order valence-corrected chi connectivity index (χ3v) is 4.17. The summed E-state index contributed by atoms with van der Waals surface area (Å²) in [6, 6.07) is 8.02. The number of nitrogens with zero attached hydrogens (tertiary/aromatic N) is 1. The van der Waals surface area contributed by atoms with Crippen LogP contribution in [0.2, 0.25) is 0 Å². The van der Waals surface area contributed by atoms with Gasteiger partial charge in [-0.15, -0.1) is 11.3 Å². The molecule has 1 saturated heterocycles. The Bertz CT molecular complexity index is 625. The quantitative estimate of drug-likeness (QED) is 0.948. The predicted octanol–water partition coefficient (Wildman–Crippen LogP) is 2.98. The summed E-state index contributed by atoms with van der Waals surface area (Å²) in [6.45, 7) is 2.73. The Labute approximate surface area is 126 Å². The van der Waals surface area contributed by atoms with Gasteiger partial charge in [0.25, 0.3) is 5.91 Å². The minimum Gasteiger partial charge on any atom is -0.378 e. The van der Waals surface area contributed by atoms with E-state index >= 15 is 0 Å². The van der Waals surface area contributed by atoms with Gasteiger partial charge in [0, 0.05) is 13.1 Å². The zero-order valence-corrected chi connectivity index (χ0v) is 12.2. The van der Waals surface area contributed by atoms with E-state index in [1.54, 1.807) is 12.1 Å². The molecule has 1 N–H and O–H groups in total. The SMILES string of the molecule is O=C(Nc1cc(F)ccc1N1CCOCC1)c1cccs1. The highest BCUT2D eigenvalue weighted by Crippen LogP contribution is 2.28. The number of carbonyl (C=O) groups is 1. The number of nitrogens with one attached hydrogen (secondary N) is 1. The molecule has 1 aromatic heterocycles. The van der Waals surface area contributed by atoms with E-state index in [9.17, 15) is 9.18 Å². The summed E-state index contributed by atoms with van der Waals surface area (Å²) in [5.41, 5.74) is 1.32. The van der Waals surface area contributed by atoms with Gasteiger partial charge in [0.15, 0.2) is 0 Å². The van der Waals surface area contributed by atoms with Crippen molar-refractivity contribution in [3.8, 4) is 0 Å². The average Bonchev–Trinajstić information content (AvgIpc) is 3.03. The molecule has 0 bridgehead atoms. The summed E-state index contributed by atoms with van der Waals surface area (Å²) in [5, 5.41) is 4.64. The van der Waals surface area contributed by atoms with Crippen molar-refractivity contribution in [3.63, 3.8) is 0 Å². The number of thiophene rings is 1. The lowest BCUT2D eigenvalue weighted by Gasteiger charge is -2.30. The Kier molecular flexibility index (Phi) is 4.17.